The number of ether oxygens (including phenoxy) is 2. The lowest BCUT2D eigenvalue weighted by molar-refractivity contribution is -0.137. The van der Waals surface area contributed by atoms with Crippen LogP contribution < -0.4 is 9.64 Å². The Balaban J connectivity index is 1.63. The number of fused-ring (bicyclic) bond motifs is 1. The van der Waals surface area contributed by atoms with E-state index in [0.717, 1.165) is 0 Å². The quantitative estimate of drug-likeness (QED) is 0.621. The van der Waals surface area contributed by atoms with Gasteiger partial charge in [-0.15, -0.1) is 0 Å². The summed E-state index contributed by atoms with van der Waals surface area (Å²) in [5.74, 6) is -0.0416. The maximum atomic E-state index is 14.5. The van der Waals surface area contributed by atoms with Crippen LogP contribution in [0.25, 0.3) is 22.3 Å². The minimum absolute atomic E-state index is 0.00735. The number of aromatic nitrogens is 3. The Labute approximate surface area is 179 Å². The largest absolute Gasteiger partial charge is 0.473 e. The van der Waals surface area contributed by atoms with Crippen LogP contribution in [0, 0.1) is 5.82 Å². The van der Waals surface area contributed by atoms with Crippen LogP contribution in [0.15, 0.2) is 36.7 Å². The Morgan fingerprint density at radius 1 is 1.29 bits per heavy atom. The number of nitrogens with zero attached hydrogens (tertiary/aromatic N) is 5. The number of carbonyl (C=O) groups is 1. The van der Waals surface area contributed by atoms with Crippen LogP contribution in [-0.4, -0.2) is 72.3 Å². The molecule has 1 aliphatic heterocycles. The molecule has 0 bridgehead atoms. The van der Waals surface area contributed by atoms with E-state index in [4.69, 9.17) is 9.47 Å². The van der Waals surface area contributed by atoms with Gasteiger partial charge in [-0.05, 0) is 18.2 Å². The molecule has 3 heterocycles. The average Bonchev–Trinajstić information content (AvgIpc) is 2.77. The summed E-state index contributed by atoms with van der Waals surface area (Å²) in [5, 5.41) is 0. The molecule has 2 aromatic heterocycles. The summed E-state index contributed by atoms with van der Waals surface area (Å²) in [6.07, 6.45) is 2.88. The summed E-state index contributed by atoms with van der Waals surface area (Å²) in [4.78, 5) is 28.4. The number of hydrogen-bond acceptors (Lipinski definition) is 7. The van der Waals surface area contributed by atoms with Gasteiger partial charge in [-0.3, -0.25) is 9.78 Å². The molecular formula is C22H24FN5O3. The fourth-order valence-electron chi connectivity index (χ4n) is 3.50. The Kier molecular flexibility index (Phi) is 5.94. The normalized spacial score (nSPS) is 16.4. The predicted molar refractivity (Wildman–Crippen MR) is 115 cm³/mol. The van der Waals surface area contributed by atoms with Gasteiger partial charge in [0.05, 0.1) is 30.0 Å². The Morgan fingerprint density at radius 2 is 2.10 bits per heavy atom. The molecule has 1 unspecified atom stereocenters. The number of anilines is 1. The van der Waals surface area contributed by atoms with Crippen LogP contribution in [0.5, 0.6) is 5.88 Å². The molecule has 3 aromatic rings. The number of hydrogen-bond donors (Lipinski definition) is 0. The van der Waals surface area contributed by atoms with Crippen LogP contribution in [0.2, 0.25) is 0 Å². The van der Waals surface area contributed by atoms with Gasteiger partial charge in [0.2, 0.25) is 11.8 Å². The van der Waals surface area contributed by atoms with E-state index in [1.165, 1.54) is 13.0 Å². The number of amides is 1. The molecule has 4 rings (SSSR count). The fraction of sp³-hybridized carbons (Fsp3) is 0.364. The summed E-state index contributed by atoms with van der Waals surface area (Å²) in [6.45, 7) is 3.23. The summed E-state index contributed by atoms with van der Waals surface area (Å²) in [5.41, 5.74) is 2.73. The first-order valence-electron chi connectivity index (χ1n) is 10.0. The second-order valence-electron chi connectivity index (χ2n) is 7.57. The Morgan fingerprint density at radius 3 is 2.84 bits per heavy atom. The first-order chi connectivity index (χ1) is 14.9. The molecule has 162 valence electrons. The van der Waals surface area contributed by atoms with Crippen molar-refractivity contribution in [2.45, 2.75) is 13.0 Å². The van der Waals surface area contributed by atoms with Gasteiger partial charge in [-0.2, -0.15) is 0 Å². The number of pyridine rings is 1. The zero-order valence-corrected chi connectivity index (χ0v) is 17.7. The van der Waals surface area contributed by atoms with E-state index >= 15 is 0 Å². The molecule has 9 heteroatoms. The van der Waals surface area contributed by atoms with Crippen molar-refractivity contribution in [1.82, 2.24) is 19.9 Å². The molecule has 1 aliphatic rings. The van der Waals surface area contributed by atoms with E-state index in [1.807, 2.05) is 6.07 Å². The summed E-state index contributed by atoms with van der Waals surface area (Å²) < 4.78 is 26.2. The van der Waals surface area contributed by atoms with Crippen LogP contribution in [0.3, 0.4) is 0 Å². The van der Waals surface area contributed by atoms with E-state index in [9.17, 15) is 9.18 Å². The van der Waals surface area contributed by atoms with Gasteiger partial charge >= 0.3 is 0 Å². The average molecular weight is 425 g/mol. The monoisotopic (exact) mass is 425 g/mol. The van der Waals surface area contributed by atoms with Crippen molar-refractivity contribution in [2.75, 3.05) is 45.3 Å². The van der Waals surface area contributed by atoms with Crippen LogP contribution in [0.1, 0.15) is 6.92 Å². The van der Waals surface area contributed by atoms with Crippen molar-refractivity contribution in [3.05, 3.63) is 42.5 Å². The summed E-state index contributed by atoms with van der Waals surface area (Å²) >= 11 is 0. The highest BCUT2D eigenvalue weighted by molar-refractivity contribution is 5.83. The molecule has 0 spiro atoms. The maximum Gasteiger partial charge on any atom is 0.242 e. The molecule has 1 saturated heterocycles. The van der Waals surface area contributed by atoms with E-state index in [2.05, 4.69) is 15.0 Å². The molecule has 8 nitrogen and oxygen atoms in total. The zero-order valence-electron chi connectivity index (χ0n) is 17.7. The van der Waals surface area contributed by atoms with Crippen molar-refractivity contribution < 1.29 is 18.7 Å². The molecule has 0 radical (unpaired) electrons. The number of carbonyl (C=O) groups excluding carboxylic acids is 1. The molecule has 0 N–H and O–H groups in total. The highest BCUT2D eigenvalue weighted by Gasteiger charge is 2.23. The standard InChI is InChI=1S/C22H24FN5O3/c1-14(29)28-8-9-30-16(12-28)13-31-22-21-19(24-6-7-25-21)11-18(26-22)15-4-5-20(27(2)3)17(23)10-15/h4-7,10-11,16H,8-9,12-13H2,1-3H3. The molecule has 1 atom stereocenters. The maximum absolute atomic E-state index is 14.5. The van der Waals surface area contributed by atoms with Crippen molar-refractivity contribution in [3.63, 3.8) is 0 Å². The first-order valence-corrected chi connectivity index (χ1v) is 10.0. The fourth-order valence-corrected chi connectivity index (χ4v) is 3.50. The topological polar surface area (TPSA) is 80.7 Å². The number of morpholine rings is 1. The summed E-state index contributed by atoms with van der Waals surface area (Å²) in [6, 6.07) is 6.72. The smallest absolute Gasteiger partial charge is 0.242 e. The SMILES string of the molecule is CC(=O)N1CCOC(COc2nc(-c3ccc(N(C)C)c(F)c3)cc3nccnc23)C1. The molecule has 1 amide bonds. The Hall–Kier alpha value is -3.33. The lowest BCUT2D eigenvalue weighted by atomic mass is 10.1. The third-order valence-corrected chi connectivity index (χ3v) is 5.14. The molecular weight excluding hydrogens is 401 g/mol. The van der Waals surface area contributed by atoms with Crippen LogP contribution >= 0.6 is 0 Å². The second kappa shape index (κ2) is 8.81. The van der Waals surface area contributed by atoms with Gasteiger partial charge in [0.1, 0.15) is 18.5 Å². The third kappa shape index (κ3) is 4.56. The van der Waals surface area contributed by atoms with Gasteiger partial charge in [-0.25, -0.2) is 14.4 Å². The van der Waals surface area contributed by atoms with Crippen molar-refractivity contribution in [1.29, 1.82) is 0 Å². The van der Waals surface area contributed by atoms with E-state index < -0.39 is 0 Å². The van der Waals surface area contributed by atoms with E-state index in [0.29, 0.717) is 53.6 Å². The number of halogens is 1. The van der Waals surface area contributed by atoms with E-state index in [-0.39, 0.29) is 24.4 Å². The molecule has 31 heavy (non-hydrogen) atoms. The number of benzene rings is 1. The third-order valence-electron chi connectivity index (χ3n) is 5.14. The van der Waals surface area contributed by atoms with Crippen LogP contribution in [0.4, 0.5) is 10.1 Å². The highest BCUT2D eigenvalue weighted by atomic mass is 19.1. The van der Waals surface area contributed by atoms with Gasteiger partial charge in [0, 0.05) is 45.5 Å². The van der Waals surface area contributed by atoms with Gasteiger partial charge in [0.25, 0.3) is 0 Å². The lowest BCUT2D eigenvalue weighted by Crippen LogP contribution is -2.46. The molecule has 1 fully saturated rings. The minimum atomic E-state index is -0.342. The second-order valence-corrected chi connectivity index (χ2v) is 7.57. The molecule has 0 saturated carbocycles. The highest BCUT2D eigenvalue weighted by Crippen LogP contribution is 2.29. The zero-order chi connectivity index (χ0) is 22.0. The first kappa shape index (κ1) is 20.9. The molecule has 1 aromatic carbocycles. The Bertz CT molecular complexity index is 1110. The number of rotatable bonds is 5. The van der Waals surface area contributed by atoms with Gasteiger partial charge in [0.15, 0.2) is 5.52 Å². The van der Waals surface area contributed by atoms with Crippen molar-refractivity contribution >= 4 is 22.6 Å². The molecule has 0 aliphatic carbocycles. The predicted octanol–water partition coefficient (Wildman–Crippen LogP) is 2.52. The minimum Gasteiger partial charge on any atom is -0.473 e. The summed E-state index contributed by atoms with van der Waals surface area (Å²) in [7, 11) is 3.57. The van der Waals surface area contributed by atoms with Crippen LogP contribution in [-0.2, 0) is 9.53 Å². The van der Waals surface area contributed by atoms with Crippen molar-refractivity contribution in [2.24, 2.45) is 0 Å². The van der Waals surface area contributed by atoms with E-state index in [1.54, 1.807) is 48.4 Å². The van der Waals surface area contributed by atoms with Gasteiger partial charge in [-0.1, -0.05) is 6.07 Å². The van der Waals surface area contributed by atoms with Gasteiger partial charge < -0.3 is 19.3 Å². The van der Waals surface area contributed by atoms with Crippen molar-refractivity contribution in [3.8, 4) is 17.1 Å². The lowest BCUT2D eigenvalue weighted by Gasteiger charge is -2.32.